The molecule has 89 heavy (non-hydrogen) atoms. The van der Waals surface area contributed by atoms with Crippen LogP contribution in [0.3, 0.4) is 0 Å². The van der Waals surface area contributed by atoms with E-state index in [0.717, 1.165) is 56.0 Å². The summed E-state index contributed by atoms with van der Waals surface area (Å²) < 4.78 is 0. The number of Topliss-reactive ketones (excluding diaryl/α,β-unsaturated/α-hetero) is 4. The van der Waals surface area contributed by atoms with Crippen molar-refractivity contribution in [1.29, 1.82) is 0 Å². The van der Waals surface area contributed by atoms with E-state index in [0.29, 0.717) is 28.9 Å². The highest BCUT2D eigenvalue weighted by atomic mass is 33.1. The Morgan fingerprint density at radius 3 is 1.87 bits per heavy atom. The van der Waals surface area contributed by atoms with Crippen LogP contribution in [0.1, 0.15) is 111 Å². The standard InChI is InChI=1S/C68H86N6O11S4/c1-5-88-89-41-54(70)65(82)73-57(36-47-18-10-7-11-19-47)66(83)72-56(35-48-25-23-45(24-26-48)27-31-63-44(3)86-42-87-63)62(79)40-58(74(4)68(85)51-29-28-49-20-12-13-21-50(49)37-51)67(84)71-55(22-14-15-33-69)61(78)39-53(43(2)75)60(77)38-52(59(76)30-32-64(80)81)34-46-16-8-6-9-17-46/h6-13,16-21,23-26,28-29,37,43-44,52-58,63,75H,5,14-15,22,27,30-36,38-42,69-70H2,1-4H3,(H,71,84)(H,72,83)(H,73,82)(H,80,81)/t43?,44?,52-,53+,54-,55+,56+,57+,58+,63+/m1/s1. The molecule has 0 aliphatic carbocycles. The predicted molar refractivity (Wildman–Crippen MR) is 359 cm³/mol. The summed E-state index contributed by atoms with van der Waals surface area (Å²) in [5.41, 5.74) is 15.7. The number of hydrogen-bond acceptors (Lipinski definition) is 16. The lowest BCUT2D eigenvalue weighted by molar-refractivity contribution is -0.139. The van der Waals surface area contributed by atoms with Gasteiger partial charge in [-0.15, -0.1) is 23.5 Å². The number of thioether (sulfide) groups is 2. The normalized spacial score (nSPS) is 16.6. The van der Waals surface area contributed by atoms with Crippen molar-refractivity contribution in [2.75, 3.05) is 30.2 Å². The first kappa shape index (κ1) is 71.7. The molecule has 9 N–H and O–H groups in total. The zero-order chi connectivity index (χ0) is 64.4. The highest BCUT2D eigenvalue weighted by Gasteiger charge is 2.38. The van der Waals surface area contributed by atoms with Crippen LogP contribution in [0.25, 0.3) is 10.8 Å². The number of aliphatic hydroxyl groups is 1. The number of nitrogens with two attached hydrogens (primary N) is 2. The minimum atomic E-state index is -1.61. The number of carboxylic acids is 1. The fourth-order valence-electron chi connectivity index (χ4n) is 10.7. The Kier molecular flexibility index (Phi) is 29.9. The molecule has 4 amide bonds. The largest absolute Gasteiger partial charge is 0.481 e. The predicted octanol–water partition coefficient (Wildman–Crippen LogP) is 8.37. The van der Waals surface area contributed by atoms with E-state index >= 15 is 9.59 Å². The van der Waals surface area contributed by atoms with E-state index in [1.54, 1.807) is 59.3 Å². The lowest BCUT2D eigenvalue weighted by Crippen LogP contribution is -2.57. The number of carbonyl (C=O) groups is 9. The Labute approximate surface area is 539 Å². The summed E-state index contributed by atoms with van der Waals surface area (Å²) in [6, 6.07) is 31.8. The quantitative estimate of drug-likeness (QED) is 0.0144. The van der Waals surface area contributed by atoms with Gasteiger partial charge in [-0.2, -0.15) is 0 Å². The van der Waals surface area contributed by atoms with Crippen LogP contribution in [0.4, 0.5) is 0 Å². The van der Waals surface area contributed by atoms with Crippen molar-refractivity contribution in [2.24, 2.45) is 23.3 Å². The van der Waals surface area contributed by atoms with Crippen LogP contribution in [-0.2, 0) is 64.0 Å². The molecule has 17 nitrogen and oxygen atoms in total. The molecule has 0 bridgehead atoms. The molecule has 1 aliphatic heterocycles. The van der Waals surface area contributed by atoms with Gasteiger partial charge in [-0.25, -0.2) is 0 Å². The van der Waals surface area contributed by atoms with Crippen molar-refractivity contribution in [1.82, 2.24) is 20.9 Å². The average molecular weight is 1290 g/mol. The molecule has 6 rings (SSSR count). The molecule has 2 unspecified atom stereocenters. The molecule has 5 aromatic carbocycles. The molecule has 10 atom stereocenters. The summed E-state index contributed by atoms with van der Waals surface area (Å²) in [4.78, 5) is 129. The number of carboxylic acid groups (broad SMARTS) is 1. The Morgan fingerprint density at radius 1 is 0.640 bits per heavy atom. The zero-order valence-corrected chi connectivity index (χ0v) is 54.5. The van der Waals surface area contributed by atoms with E-state index in [2.05, 4.69) is 22.9 Å². The van der Waals surface area contributed by atoms with Crippen LogP contribution >= 0.6 is 45.1 Å². The van der Waals surface area contributed by atoms with Gasteiger partial charge >= 0.3 is 5.97 Å². The number of aryl methyl sites for hydroxylation is 1. The number of amides is 4. The fourth-order valence-corrected chi connectivity index (χ4v) is 15.8. The van der Waals surface area contributed by atoms with Crippen molar-refractivity contribution in [3.63, 3.8) is 0 Å². The van der Waals surface area contributed by atoms with Crippen LogP contribution in [0.5, 0.6) is 0 Å². The number of aliphatic hydroxyl groups excluding tert-OH is 1. The molecular formula is C68H86N6O11S4. The van der Waals surface area contributed by atoms with Gasteiger partial charge in [0.2, 0.25) is 17.7 Å². The maximum Gasteiger partial charge on any atom is 0.303 e. The molecule has 21 heteroatoms. The van der Waals surface area contributed by atoms with Gasteiger partial charge in [-0.3, -0.25) is 43.2 Å². The minimum Gasteiger partial charge on any atom is -0.481 e. The lowest BCUT2D eigenvalue weighted by atomic mass is 9.82. The van der Waals surface area contributed by atoms with Crippen LogP contribution in [-0.4, -0.2) is 145 Å². The summed E-state index contributed by atoms with van der Waals surface area (Å²) in [6.07, 6.45) is -1.03. The van der Waals surface area contributed by atoms with Gasteiger partial charge in [0, 0.05) is 77.7 Å². The van der Waals surface area contributed by atoms with E-state index in [4.69, 9.17) is 11.5 Å². The van der Waals surface area contributed by atoms with E-state index in [-0.39, 0.29) is 50.0 Å². The SMILES string of the molecule is CCSSC[C@@H](N)C(=O)N[C@@H](Cc1ccccc1)C(=O)N[C@@H](Cc1ccc(CC[C@@H]2SCSC2C)cc1)C(=O)C[C@@H](C(=O)N[C@@H](CCCCN)C(=O)C[C@H](C(=O)C[C@@H](Cc1ccccc1)C(=O)CCC(=O)O)C(C)O)N(C)C(=O)c1ccc2ccccc2c1. The maximum absolute atomic E-state index is 15.4. The zero-order valence-electron chi connectivity index (χ0n) is 51.2. The third-order valence-electron chi connectivity index (χ3n) is 16.1. The van der Waals surface area contributed by atoms with Gasteiger partial charge < -0.3 is 42.5 Å². The third kappa shape index (κ3) is 23.1. The number of carbonyl (C=O) groups excluding carboxylic acids is 8. The Bertz CT molecular complexity index is 3160. The fraction of sp³-hybridized carbons (Fsp3) is 0.456. The Morgan fingerprint density at radius 2 is 1.24 bits per heavy atom. The summed E-state index contributed by atoms with van der Waals surface area (Å²) in [5.74, 6) is -7.51. The van der Waals surface area contributed by atoms with Crippen molar-refractivity contribution < 1.29 is 53.4 Å². The molecule has 1 heterocycles. The van der Waals surface area contributed by atoms with Crippen molar-refractivity contribution in [3.8, 4) is 0 Å². The van der Waals surface area contributed by atoms with Crippen molar-refractivity contribution in [2.45, 2.75) is 151 Å². The second-order valence-electron chi connectivity index (χ2n) is 22.8. The third-order valence-corrected chi connectivity index (χ3v) is 21.8. The van der Waals surface area contributed by atoms with Crippen LogP contribution < -0.4 is 27.4 Å². The number of rotatable bonds is 39. The summed E-state index contributed by atoms with van der Waals surface area (Å²) in [5, 5.41) is 32.9. The Balaban J connectivity index is 1.34. The highest BCUT2D eigenvalue weighted by Crippen LogP contribution is 2.38. The van der Waals surface area contributed by atoms with Crippen LogP contribution in [0, 0.1) is 11.8 Å². The number of nitrogens with one attached hydrogen (secondary N) is 3. The molecule has 1 aliphatic rings. The van der Waals surface area contributed by atoms with E-state index < -0.39 is 127 Å². The van der Waals surface area contributed by atoms with Gasteiger partial charge in [0.05, 0.1) is 36.6 Å². The molecule has 478 valence electrons. The number of likely N-dealkylation sites (N-methyl/N-ethyl adjacent to an activating group) is 1. The summed E-state index contributed by atoms with van der Waals surface area (Å²) in [7, 11) is 4.37. The number of unbranched alkanes of at least 4 members (excludes halogenated alkanes) is 1. The van der Waals surface area contributed by atoms with Gasteiger partial charge in [0.1, 0.15) is 23.7 Å². The monoisotopic (exact) mass is 1290 g/mol. The average Bonchev–Trinajstić information content (AvgIpc) is 2.43. The van der Waals surface area contributed by atoms with Crippen LogP contribution in [0.2, 0.25) is 0 Å². The molecule has 1 fully saturated rings. The van der Waals surface area contributed by atoms with E-state index in [1.807, 2.05) is 109 Å². The van der Waals surface area contributed by atoms with Crippen molar-refractivity contribution in [3.05, 3.63) is 155 Å². The van der Waals surface area contributed by atoms with Crippen LogP contribution in [0.15, 0.2) is 127 Å². The molecule has 0 saturated carbocycles. The number of ketones is 4. The molecular weight excluding hydrogens is 1210 g/mol. The number of benzene rings is 5. The van der Waals surface area contributed by atoms with Gasteiger partial charge in [0.25, 0.3) is 5.91 Å². The molecule has 0 radical (unpaired) electrons. The number of fused-ring (bicyclic) bond motifs is 1. The topological polar surface area (TPSA) is 285 Å². The van der Waals surface area contributed by atoms with Crippen molar-refractivity contribution >= 4 is 109 Å². The first-order valence-electron chi connectivity index (χ1n) is 30.5. The van der Waals surface area contributed by atoms with E-state index in [1.165, 1.54) is 24.8 Å². The lowest BCUT2D eigenvalue weighted by Gasteiger charge is -2.31. The number of nitrogens with zero attached hydrogens (tertiary/aromatic N) is 1. The first-order valence-corrected chi connectivity index (χ1v) is 35.1. The van der Waals surface area contributed by atoms with E-state index in [9.17, 15) is 43.8 Å². The molecule has 0 aromatic heterocycles. The molecule has 0 spiro atoms. The highest BCUT2D eigenvalue weighted by molar-refractivity contribution is 8.76. The first-order chi connectivity index (χ1) is 42.7. The second kappa shape index (κ2) is 37.1. The summed E-state index contributed by atoms with van der Waals surface area (Å²) in [6.45, 7) is 5.83. The Hall–Kier alpha value is -6.33. The van der Waals surface area contributed by atoms with Gasteiger partial charge in [0.15, 0.2) is 11.6 Å². The van der Waals surface area contributed by atoms with Gasteiger partial charge in [-0.05, 0) is 104 Å². The number of aliphatic carboxylic acids is 1. The molecule has 5 aromatic rings. The summed E-state index contributed by atoms with van der Waals surface area (Å²) >= 11 is 3.91. The number of hydrogen-bond donors (Lipinski definition) is 7. The minimum absolute atomic E-state index is 0.0241. The van der Waals surface area contributed by atoms with Gasteiger partial charge in [-0.1, -0.05) is 151 Å². The maximum atomic E-state index is 15.4. The smallest absolute Gasteiger partial charge is 0.303 e. The second-order valence-corrected chi connectivity index (χ2v) is 28.6. The molecule has 1 saturated heterocycles.